The molecular weight excluding hydrogens is 345 g/mol. The first-order chi connectivity index (χ1) is 12.4. The topological polar surface area (TPSA) is 49.4 Å². The number of anilines is 1. The molecule has 2 aromatic carbocycles. The summed E-state index contributed by atoms with van der Waals surface area (Å²) >= 11 is 0. The van der Waals surface area contributed by atoms with E-state index in [1.54, 1.807) is 0 Å². The Labute approximate surface area is 148 Å². The van der Waals surface area contributed by atoms with E-state index in [2.05, 4.69) is 5.32 Å². The lowest BCUT2D eigenvalue weighted by Gasteiger charge is -2.32. The minimum absolute atomic E-state index is 0.0987. The monoisotopic (exact) mass is 362 g/mol. The molecule has 0 aliphatic carbocycles. The quantitative estimate of drug-likeness (QED) is 0.907. The molecule has 0 saturated carbocycles. The van der Waals surface area contributed by atoms with Crippen LogP contribution in [0.3, 0.4) is 0 Å². The highest BCUT2D eigenvalue weighted by Crippen LogP contribution is 2.22. The van der Waals surface area contributed by atoms with Gasteiger partial charge in [-0.15, -0.1) is 0 Å². The van der Waals surface area contributed by atoms with Gasteiger partial charge in [-0.2, -0.15) is 0 Å². The van der Waals surface area contributed by atoms with Crippen molar-refractivity contribution in [2.45, 2.75) is 12.8 Å². The van der Waals surface area contributed by atoms with Gasteiger partial charge in [0.1, 0.15) is 17.5 Å². The van der Waals surface area contributed by atoms with Crippen molar-refractivity contribution >= 4 is 17.5 Å². The van der Waals surface area contributed by atoms with Gasteiger partial charge in [0.2, 0.25) is 5.91 Å². The van der Waals surface area contributed by atoms with Crippen LogP contribution in [0.25, 0.3) is 0 Å². The second-order valence-corrected chi connectivity index (χ2v) is 6.21. The minimum atomic E-state index is -0.853. The molecule has 1 unspecified atom stereocenters. The number of carbonyl (C=O) groups excluding carboxylic acids is 2. The third-order valence-corrected chi connectivity index (χ3v) is 4.36. The SMILES string of the molecule is O=C(Nc1ccc(F)cc1F)C1CCCN(C(=O)c2ccc(F)cc2)C1. The predicted molar refractivity (Wildman–Crippen MR) is 90.0 cm³/mol. The van der Waals surface area contributed by atoms with Crippen molar-refractivity contribution < 1.29 is 22.8 Å². The first-order valence-electron chi connectivity index (χ1n) is 8.25. The Balaban J connectivity index is 1.66. The van der Waals surface area contributed by atoms with Gasteiger partial charge in [0.25, 0.3) is 5.91 Å². The summed E-state index contributed by atoms with van der Waals surface area (Å²) in [7, 11) is 0. The highest BCUT2D eigenvalue weighted by atomic mass is 19.1. The van der Waals surface area contributed by atoms with E-state index in [-0.39, 0.29) is 18.1 Å². The van der Waals surface area contributed by atoms with Crippen molar-refractivity contribution in [1.82, 2.24) is 4.90 Å². The van der Waals surface area contributed by atoms with Crippen molar-refractivity contribution in [2.75, 3.05) is 18.4 Å². The maximum absolute atomic E-state index is 13.7. The number of nitrogens with zero attached hydrogens (tertiary/aromatic N) is 1. The molecule has 1 heterocycles. The molecule has 0 spiro atoms. The first-order valence-corrected chi connectivity index (χ1v) is 8.25. The fraction of sp³-hybridized carbons (Fsp3) is 0.263. The van der Waals surface area contributed by atoms with Gasteiger partial charge in [-0.25, -0.2) is 13.2 Å². The standard InChI is InChI=1S/C19H17F3N2O2/c20-14-5-3-12(4-6-14)19(26)24-9-1-2-13(11-24)18(25)23-17-8-7-15(21)10-16(17)22/h3-8,10,13H,1-2,9,11H2,(H,23,25). The Kier molecular flexibility index (Phi) is 5.25. The minimum Gasteiger partial charge on any atom is -0.338 e. The van der Waals surface area contributed by atoms with Crippen molar-refractivity contribution in [3.8, 4) is 0 Å². The van der Waals surface area contributed by atoms with E-state index in [4.69, 9.17) is 0 Å². The summed E-state index contributed by atoms with van der Waals surface area (Å²) in [5.41, 5.74) is 0.246. The Morgan fingerprint density at radius 1 is 1.00 bits per heavy atom. The van der Waals surface area contributed by atoms with E-state index in [0.29, 0.717) is 31.0 Å². The second-order valence-electron chi connectivity index (χ2n) is 6.21. The number of halogens is 3. The molecule has 0 radical (unpaired) electrons. The number of nitrogens with one attached hydrogen (secondary N) is 1. The smallest absolute Gasteiger partial charge is 0.253 e. The van der Waals surface area contributed by atoms with E-state index in [0.717, 1.165) is 12.1 Å². The predicted octanol–water partition coefficient (Wildman–Crippen LogP) is 3.59. The number of carbonyl (C=O) groups is 2. The highest BCUT2D eigenvalue weighted by Gasteiger charge is 2.29. The van der Waals surface area contributed by atoms with E-state index < -0.39 is 29.3 Å². The van der Waals surface area contributed by atoms with Crippen LogP contribution >= 0.6 is 0 Å². The molecule has 1 N–H and O–H groups in total. The van der Waals surface area contributed by atoms with Crippen LogP contribution in [-0.2, 0) is 4.79 Å². The van der Waals surface area contributed by atoms with Gasteiger partial charge in [-0.05, 0) is 49.2 Å². The van der Waals surface area contributed by atoms with Crippen LogP contribution in [-0.4, -0.2) is 29.8 Å². The Hall–Kier alpha value is -2.83. The zero-order chi connectivity index (χ0) is 18.7. The molecule has 0 bridgehead atoms. The molecule has 136 valence electrons. The van der Waals surface area contributed by atoms with Crippen molar-refractivity contribution in [3.63, 3.8) is 0 Å². The summed E-state index contributed by atoms with van der Waals surface area (Å²) in [6.45, 7) is 0.676. The fourth-order valence-corrected chi connectivity index (χ4v) is 2.98. The van der Waals surface area contributed by atoms with Gasteiger partial charge >= 0.3 is 0 Å². The van der Waals surface area contributed by atoms with Crippen molar-refractivity contribution in [3.05, 3.63) is 65.5 Å². The van der Waals surface area contributed by atoms with Gasteiger partial charge < -0.3 is 10.2 Å². The summed E-state index contributed by atoms with van der Waals surface area (Å²) in [5, 5.41) is 2.45. The largest absolute Gasteiger partial charge is 0.338 e. The van der Waals surface area contributed by atoms with E-state index in [1.165, 1.54) is 29.2 Å². The van der Waals surface area contributed by atoms with Crippen LogP contribution in [0, 0.1) is 23.4 Å². The number of amides is 2. The van der Waals surface area contributed by atoms with Crippen molar-refractivity contribution in [2.24, 2.45) is 5.92 Å². The molecule has 1 saturated heterocycles. The maximum Gasteiger partial charge on any atom is 0.253 e. The summed E-state index contributed by atoms with van der Waals surface area (Å²) in [6.07, 6.45) is 1.18. The second kappa shape index (κ2) is 7.59. The normalized spacial score (nSPS) is 17.0. The van der Waals surface area contributed by atoms with Gasteiger partial charge in [0.05, 0.1) is 11.6 Å². The van der Waals surface area contributed by atoms with E-state index in [1.807, 2.05) is 0 Å². The van der Waals surface area contributed by atoms with Crippen LogP contribution in [0.15, 0.2) is 42.5 Å². The first kappa shape index (κ1) is 18.0. The van der Waals surface area contributed by atoms with Gasteiger partial charge in [-0.3, -0.25) is 9.59 Å². The molecule has 4 nitrogen and oxygen atoms in total. The summed E-state index contributed by atoms with van der Waals surface area (Å²) in [6, 6.07) is 8.12. The molecule has 3 rings (SSSR count). The molecule has 1 aliphatic rings. The number of likely N-dealkylation sites (tertiary alicyclic amines) is 1. The Bertz CT molecular complexity index is 824. The number of benzene rings is 2. The lowest BCUT2D eigenvalue weighted by Crippen LogP contribution is -2.43. The number of piperidine rings is 1. The summed E-state index contributed by atoms with van der Waals surface area (Å²) in [5.74, 6) is -3.22. The number of hydrogen-bond donors (Lipinski definition) is 1. The zero-order valence-electron chi connectivity index (χ0n) is 13.8. The lowest BCUT2D eigenvalue weighted by molar-refractivity contribution is -0.121. The maximum atomic E-state index is 13.7. The molecule has 26 heavy (non-hydrogen) atoms. The highest BCUT2D eigenvalue weighted by molar-refractivity contribution is 5.96. The van der Waals surface area contributed by atoms with Gasteiger partial charge in [0, 0.05) is 24.7 Å². The Morgan fingerprint density at radius 3 is 2.38 bits per heavy atom. The number of rotatable bonds is 3. The molecule has 2 amide bonds. The average molecular weight is 362 g/mol. The summed E-state index contributed by atoms with van der Waals surface area (Å²) in [4.78, 5) is 26.4. The molecule has 2 aromatic rings. The molecule has 1 fully saturated rings. The van der Waals surface area contributed by atoms with Crippen LogP contribution in [0.4, 0.5) is 18.9 Å². The lowest BCUT2D eigenvalue weighted by atomic mass is 9.96. The van der Waals surface area contributed by atoms with E-state index in [9.17, 15) is 22.8 Å². The Morgan fingerprint density at radius 2 is 1.69 bits per heavy atom. The fourth-order valence-electron chi connectivity index (χ4n) is 2.98. The summed E-state index contributed by atoms with van der Waals surface area (Å²) < 4.78 is 39.6. The van der Waals surface area contributed by atoms with Gasteiger partial charge in [-0.1, -0.05) is 0 Å². The van der Waals surface area contributed by atoms with Crippen LogP contribution in [0.2, 0.25) is 0 Å². The number of hydrogen-bond acceptors (Lipinski definition) is 2. The zero-order valence-corrected chi connectivity index (χ0v) is 13.8. The molecule has 1 atom stereocenters. The molecule has 7 heteroatoms. The molecule has 1 aliphatic heterocycles. The molecular formula is C19H17F3N2O2. The van der Waals surface area contributed by atoms with Gasteiger partial charge in [0.15, 0.2) is 0 Å². The molecule has 0 aromatic heterocycles. The third-order valence-electron chi connectivity index (χ3n) is 4.36. The van der Waals surface area contributed by atoms with Crippen molar-refractivity contribution in [1.29, 1.82) is 0 Å². The van der Waals surface area contributed by atoms with Crippen LogP contribution in [0.5, 0.6) is 0 Å². The van der Waals surface area contributed by atoms with E-state index >= 15 is 0 Å². The third kappa shape index (κ3) is 4.04. The average Bonchev–Trinajstić information content (AvgIpc) is 2.64. The van der Waals surface area contributed by atoms with Crippen LogP contribution < -0.4 is 5.32 Å². The van der Waals surface area contributed by atoms with Crippen LogP contribution in [0.1, 0.15) is 23.2 Å².